The normalized spacial score (nSPS) is 19.9. The Morgan fingerprint density at radius 3 is 2.48 bits per heavy atom. The third-order valence-corrected chi connectivity index (χ3v) is 4.30. The van der Waals surface area contributed by atoms with E-state index in [9.17, 15) is 19.2 Å². The third kappa shape index (κ3) is 4.41. The molecule has 0 spiro atoms. The van der Waals surface area contributed by atoms with Crippen molar-refractivity contribution in [3.8, 4) is 6.07 Å². The molecule has 4 amide bonds. The van der Waals surface area contributed by atoms with Crippen molar-refractivity contribution in [2.45, 2.75) is 38.8 Å². The number of urea groups is 1. The van der Waals surface area contributed by atoms with Gasteiger partial charge >= 0.3 is 12.0 Å². The van der Waals surface area contributed by atoms with Gasteiger partial charge in [0.15, 0.2) is 6.10 Å². The van der Waals surface area contributed by atoms with Gasteiger partial charge in [-0.25, -0.2) is 4.79 Å². The number of imide groups is 1. The van der Waals surface area contributed by atoms with Crippen LogP contribution in [-0.2, 0) is 19.1 Å². The van der Waals surface area contributed by atoms with E-state index in [1.54, 1.807) is 26.0 Å². The molecular weight excluding hydrogens is 352 g/mol. The van der Waals surface area contributed by atoms with Gasteiger partial charge in [0.05, 0.1) is 11.6 Å². The highest BCUT2D eigenvalue weighted by Gasteiger charge is 2.47. The predicted octanol–water partition coefficient (Wildman–Crippen LogP) is 1.15. The van der Waals surface area contributed by atoms with Crippen LogP contribution in [-0.4, -0.2) is 46.9 Å². The van der Waals surface area contributed by atoms with Gasteiger partial charge in [-0.15, -0.1) is 0 Å². The maximum absolute atomic E-state index is 12.2. The topological polar surface area (TPSA) is 129 Å². The summed E-state index contributed by atoms with van der Waals surface area (Å²) in [6.07, 6.45) is -0.751. The molecule has 0 bridgehead atoms. The second-order valence-corrected chi connectivity index (χ2v) is 6.32. The van der Waals surface area contributed by atoms with Crippen LogP contribution in [0.25, 0.3) is 0 Å². The third-order valence-electron chi connectivity index (χ3n) is 4.30. The minimum Gasteiger partial charge on any atom is -0.451 e. The molecule has 1 saturated heterocycles. The van der Waals surface area contributed by atoms with Crippen LogP contribution in [0.2, 0.25) is 0 Å². The van der Waals surface area contributed by atoms with Gasteiger partial charge in [-0.05, 0) is 44.5 Å². The monoisotopic (exact) mass is 372 g/mol. The van der Waals surface area contributed by atoms with Crippen molar-refractivity contribution >= 4 is 29.5 Å². The molecule has 0 aromatic heterocycles. The summed E-state index contributed by atoms with van der Waals surface area (Å²) in [6.45, 7) is 4.12. The Hall–Kier alpha value is -3.41. The molecule has 1 aromatic carbocycles. The molecule has 0 radical (unpaired) electrons. The number of benzene rings is 1. The van der Waals surface area contributed by atoms with Crippen molar-refractivity contribution in [3.63, 3.8) is 0 Å². The fourth-order valence-electron chi connectivity index (χ4n) is 2.42. The molecule has 0 unspecified atom stereocenters. The number of nitriles is 1. The number of ether oxygens (including phenoxy) is 1. The first kappa shape index (κ1) is 19.9. The van der Waals surface area contributed by atoms with Crippen molar-refractivity contribution in [2.24, 2.45) is 0 Å². The van der Waals surface area contributed by atoms with Crippen molar-refractivity contribution < 1.29 is 23.9 Å². The first-order valence-electron chi connectivity index (χ1n) is 8.34. The van der Waals surface area contributed by atoms with E-state index in [2.05, 4.69) is 10.6 Å². The Morgan fingerprint density at radius 2 is 1.96 bits per heavy atom. The molecule has 1 aliphatic heterocycles. The van der Waals surface area contributed by atoms with E-state index in [0.717, 1.165) is 4.90 Å². The van der Waals surface area contributed by atoms with Gasteiger partial charge in [0, 0.05) is 5.69 Å². The van der Waals surface area contributed by atoms with E-state index in [1.807, 2.05) is 6.07 Å². The van der Waals surface area contributed by atoms with Gasteiger partial charge in [0.2, 0.25) is 0 Å². The summed E-state index contributed by atoms with van der Waals surface area (Å²) < 4.78 is 5.01. The van der Waals surface area contributed by atoms with Crippen molar-refractivity contribution in [1.82, 2.24) is 10.2 Å². The van der Waals surface area contributed by atoms with Crippen molar-refractivity contribution in [1.29, 1.82) is 5.26 Å². The summed E-state index contributed by atoms with van der Waals surface area (Å²) >= 11 is 0. The number of nitrogens with one attached hydrogen (secondary N) is 2. The zero-order valence-electron chi connectivity index (χ0n) is 15.2. The molecule has 1 aliphatic rings. The molecule has 1 fully saturated rings. The van der Waals surface area contributed by atoms with Crippen molar-refractivity contribution in [2.75, 3.05) is 11.9 Å². The Bertz CT molecular complexity index is 814. The zero-order valence-corrected chi connectivity index (χ0v) is 15.2. The van der Waals surface area contributed by atoms with E-state index in [-0.39, 0.29) is 0 Å². The Labute approximate surface area is 156 Å². The number of amides is 4. The second kappa shape index (κ2) is 7.86. The lowest BCUT2D eigenvalue weighted by atomic mass is 9.99. The highest BCUT2D eigenvalue weighted by Crippen LogP contribution is 2.20. The maximum Gasteiger partial charge on any atom is 0.327 e. The van der Waals surface area contributed by atoms with E-state index in [0.29, 0.717) is 17.7 Å². The highest BCUT2D eigenvalue weighted by molar-refractivity contribution is 6.08. The predicted molar refractivity (Wildman–Crippen MR) is 94.3 cm³/mol. The average Bonchev–Trinajstić information content (AvgIpc) is 2.86. The van der Waals surface area contributed by atoms with Crippen LogP contribution in [0.4, 0.5) is 10.5 Å². The molecule has 0 aliphatic carbocycles. The summed E-state index contributed by atoms with van der Waals surface area (Å²) in [4.78, 5) is 49.0. The Kier molecular flexibility index (Phi) is 5.80. The van der Waals surface area contributed by atoms with Gasteiger partial charge in [0.25, 0.3) is 11.8 Å². The lowest BCUT2D eigenvalue weighted by Gasteiger charge is -2.19. The van der Waals surface area contributed by atoms with Gasteiger partial charge in [0.1, 0.15) is 12.1 Å². The summed E-state index contributed by atoms with van der Waals surface area (Å²) in [7, 11) is 0. The maximum atomic E-state index is 12.2. The van der Waals surface area contributed by atoms with Crippen LogP contribution in [0.3, 0.4) is 0 Å². The summed E-state index contributed by atoms with van der Waals surface area (Å²) in [6, 6.07) is 7.45. The standard InChI is InChI=1S/C18H20N4O5/c1-4-18(3)16(25)22(17(26)21-18)10-14(23)27-11(2)15(24)20-13-7-5-12(9-19)6-8-13/h5-8,11H,4,10H2,1-3H3,(H,20,24)(H,21,26)/t11-,18+/m0/s1. The first-order chi connectivity index (χ1) is 12.7. The number of hydrogen-bond donors (Lipinski definition) is 2. The van der Waals surface area contributed by atoms with E-state index < -0.39 is 42.0 Å². The van der Waals surface area contributed by atoms with Gasteiger partial charge in [-0.1, -0.05) is 6.92 Å². The number of nitrogens with zero attached hydrogens (tertiary/aromatic N) is 2. The van der Waals surface area contributed by atoms with Crippen LogP contribution in [0.15, 0.2) is 24.3 Å². The lowest BCUT2D eigenvalue weighted by Crippen LogP contribution is -2.44. The number of hydrogen-bond acceptors (Lipinski definition) is 6. The number of carbonyl (C=O) groups is 4. The van der Waals surface area contributed by atoms with Crippen molar-refractivity contribution in [3.05, 3.63) is 29.8 Å². The van der Waals surface area contributed by atoms with Crippen LogP contribution >= 0.6 is 0 Å². The minimum atomic E-state index is -1.13. The summed E-state index contributed by atoms with van der Waals surface area (Å²) in [5.74, 6) is -1.97. The molecule has 2 N–H and O–H groups in total. The molecule has 2 atom stereocenters. The van der Waals surface area contributed by atoms with Crippen LogP contribution < -0.4 is 10.6 Å². The molecule has 2 rings (SSSR count). The zero-order chi connectivity index (χ0) is 20.2. The SMILES string of the molecule is CC[C@@]1(C)NC(=O)N(CC(=O)O[C@@H](C)C(=O)Nc2ccc(C#N)cc2)C1=O. The molecule has 1 heterocycles. The quantitative estimate of drug-likeness (QED) is 0.569. The smallest absolute Gasteiger partial charge is 0.327 e. The number of esters is 1. The van der Waals surface area contributed by atoms with Crippen LogP contribution in [0, 0.1) is 11.3 Å². The van der Waals surface area contributed by atoms with E-state index >= 15 is 0 Å². The molecule has 27 heavy (non-hydrogen) atoms. The van der Waals surface area contributed by atoms with Crippen LogP contribution in [0.5, 0.6) is 0 Å². The van der Waals surface area contributed by atoms with Gasteiger partial charge < -0.3 is 15.4 Å². The minimum absolute atomic E-state index is 0.381. The van der Waals surface area contributed by atoms with E-state index in [1.165, 1.54) is 19.1 Å². The fraction of sp³-hybridized carbons (Fsp3) is 0.389. The lowest BCUT2D eigenvalue weighted by molar-refractivity contribution is -0.155. The van der Waals surface area contributed by atoms with E-state index in [4.69, 9.17) is 10.00 Å². The molecule has 0 saturated carbocycles. The molecule has 1 aromatic rings. The second-order valence-electron chi connectivity index (χ2n) is 6.32. The Morgan fingerprint density at radius 1 is 1.33 bits per heavy atom. The largest absolute Gasteiger partial charge is 0.451 e. The van der Waals surface area contributed by atoms with Gasteiger partial charge in [-0.3, -0.25) is 19.3 Å². The number of rotatable bonds is 6. The average molecular weight is 372 g/mol. The molecular formula is C18H20N4O5. The number of carbonyl (C=O) groups excluding carboxylic acids is 4. The van der Waals surface area contributed by atoms with Crippen LogP contribution in [0.1, 0.15) is 32.8 Å². The molecule has 9 nitrogen and oxygen atoms in total. The summed E-state index contributed by atoms with van der Waals surface area (Å²) in [5.41, 5.74) is -0.162. The fourth-order valence-corrected chi connectivity index (χ4v) is 2.42. The molecule has 9 heteroatoms. The summed E-state index contributed by atoms with van der Waals surface area (Å²) in [5, 5.41) is 13.8. The Balaban J connectivity index is 1.91. The first-order valence-corrected chi connectivity index (χ1v) is 8.34. The highest BCUT2D eigenvalue weighted by atomic mass is 16.5. The molecule has 142 valence electrons. The van der Waals surface area contributed by atoms with Gasteiger partial charge in [-0.2, -0.15) is 5.26 Å². The number of anilines is 1.